The minimum absolute atomic E-state index is 0.324. The largest absolute Gasteiger partial charge is 0.455 e. The van der Waals surface area contributed by atoms with E-state index in [1.807, 2.05) is 72.9 Å². The number of hydrogen-bond acceptors (Lipinski definition) is 3. The van der Waals surface area contributed by atoms with Gasteiger partial charge in [0.2, 0.25) is 0 Å². The maximum absolute atomic E-state index is 13.9. The first kappa shape index (κ1) is 18.1. The third-order valence-corrected chi connectivity index (χ3v) is 6.11. The van der Waals surface area contributed by atoms with Crippen molar-refractivity contribution in [2.75, 3.05) is 0 Å². The van der Waals surface area contributed by atoms with Crippen LogP contribution in [0.1, 0.15) is 0 Å². The van der Waals surface area contributed by atoms with Gasteiger partial charge in [-0.1, -0.05) is 54.6 Å². The first-order valence-electron chi connectivity index (χ1n) is 10.7. The first-order chi connectivity index (χ1) is 16.3. The van der Waals surface area contributed by atoms with Crippen LogP contribution in [0.15, 0.2) is 102 Å². The van der Waals surface area contributed by atoms with Crippen LogP contribution < -0.4 is 0 Å². The summed E-state index contributed by atoms with van der Waals surface area (Å²) in [5.74, 6) is 0.403. The molecule has 4 nitrogen and oxygen atoms in total. The van der Waals surface area contributed by atoms with Crippen molar-refractivity contribution in [1.82, 2.24) is 14.5 Å². The van der Waals surface area contributed by atoms with Crippen LogP contribution in [-0.4, -0.2) is 14.5 Å². The van der Waals surface area contributed by atoms with Gasteiger partial charge in [-0.15, -0.1) is 0 Å². The molecule has 0 radical (unpaired) electrons. The molecule has 0 bridgehead atoms. The van der Waals surface area contributed by atoms with Gasteiger partial charge in [0.1, 0.15) is 22.5 Å². The Morgan fingerprint density at radius 1 is 0.758 bits per heavy atom. The molecule has 0 aliphatic heterocycles. The van der Waals surface area contributed by atoms with Gasteiger partial charge in [-0.2, -0.15) is 0 Å². The number of hydrogen-bond donors (Lipinski definition) is 0. The average Bonchev–Trinajstić information content (AvgIpc) is 3.42. The molecule has 3 aromatic heterocycles. The van der Waals surface area contributed by atoms with E-state index in [-0.39, 0.29) is 5.82 Å². The van der Waals surface area contributed by atoms with Crippen LogP contribution in [0, 0.1) is 5.82 Å². The summed E-state index contributed by atoms with van der Waals surface area (Å²) in [6, 6.07) is 28.8. The van der Waals surface area contributed by atoms with Crippen molar-refractivity contribution < 1.29 is 8.81 Å². The van der Waals surface area contributed by atoms with Gasteiger partial charge in [0, 0.05) is 39.5 Å². The van der Waals surface area contributed by atoms with E-state index >= 15 is 0 Å². The third kappa shape index (κ3) is 2.62. The number of furan rings is 1. The Kier molecular flexibility index (Phi) is 3.70. The Hall–Kier alpha value is -4.51. The standard InChI is InChI=1S/C28H16FN3O/c29-18-13-14-21-22-11-6-12-23(26(22)33-24(21)15-18)27-31-25-20-10-5-4-7-17(20)16-30-28(25)32(27)19-8-2-1-3-9-19/h1-16H. The van der Waals surface area contributed by atoms with E-state index < -0.39 is 0 Å². The zero-order valence-electron chi connectivity index (χ0n) is 17.4. The van der Waals surface area contributed by atoms with Crippen LogP contribution in [0.2, 0.25) is 0 Å². The lowest BCUT2D eigenvalue weighted by Gasteiger charge is -2.09. The molecule has 0 atom stereocenters. The normalized spacial score (nSPS) is 11.8. The quantitative estimate of drug-likeness (QED) is 0.290. The number of imidazole rings is 1. The van der Waals surface area contributed by atoms with Crippen LogP contribution in [0.4, 0.5) is 4.39 Å². The van der Waals surface area contributed by atoms with Crippen molar-refractivity contribution in [3.63, 3.8) is 0 Å². The van der Waals surface area contributed by atoms with Crippen LogP contribution >= 0.6 is 0 Å². The van der Waals surface area contributed by atoms with E-state index in [1.165, 1.54) is 12.1 Å². The predicted octanol–water partition coefficient (Wildman–Crippen LogP) is 7.28. The Labute approximate surface area is 187 Å². The molecule has 7 rings (SSSR count). The van der Waals surface area contributed by atoms with Gasteiger partial charge in [0.15, 0.2) is 11.5 Å². The van der Waals surface area contributed by atoms with Crippen LogP contribution in [0.3, 0.4) is 0 Å². The molecule has 0 unspecified atom stereocenters. The molecule has 0 aliphatic carbocycles. The molecular formula is C28H16FN3O. The topological polar surface area (TPSA) is 43.9 Å². The Bertz CT molecular complexity index is 1830. The summed E-state index contributed by atoms with van der Waals surface area (Å²) in [5.41, 5.74) is 4.57. The number of nitrogens with zero attached hydrogens (tertiary/aromatic N) is 3. The minimum Gasteiger partial charge on any atom is -0.455 e. The van der Waals surface area contributed by atoms with Crippen LogP contribution in [-0.2, 0) is 0 Å². The summed E-state index contributed by atoms with van der Waals surface area (Å²) in [7, 11) is 0. The van der Waals surface area contributed by atoms with Crippen molar-refractivity contribution in [2.45, 2.75) is 0 Å². The predicted molar refractivity (Wildman–Crippen MR) is 129 cm³/mol. The summed E-state index contributed by atoms with van der Waals surface area (Å²) < 4.78 is 22.1. The highest BCUT2D eigenvalue weighted by Crippen LogP contribution is 2.38. The number of benzene rings is 4. The van der Waals surface area contributed by atoms with E-state index in [1.54, 1.807) is 6.07 Å². The molecule has 0 saturated heterocycles. The second kappa shape index (κ2) is 6.74. The number of halogens is 1. The number of fused-ring (bicyclic) bond motifs is 6. The van der Waals surface area contributed by atoms with Crippen molar-refractivity contribution in [1.29, 1.82) is 0 Å². The summed E-state index contributed by atoms with van der Waals surface area (Å²) in [6.45, 7) is 0. The average molecular weight is 429 g/mol. The monoisotopic (exact) mass is 429 g/mol. The van der Waals surface area contributed by atoms with E-state index in [2.05, 4.69) is 10.6 Å². The maximum Gasteiger partial charge on any atom is 0.165 e. The molecule has 0 saturated carbocycles. The molecular weight excluding hydrogens is 413 g/mol. The number of pyridine rings is 1. The Morgan fingerprint density at radius 2 is 1.58 bits per heavy atom. The molecule has 156 valence electrons. The third-order valence-electron chi connectivity index (χ3n) is 6.11. The highest BCUT2D eigenvalue weighted by Gasteiger charge is 2.21. The highest BCUT2D eigenvalue weighted by molar-refractivity contribution is 6.10. The van der Waals surface area contributed by atoms with Gasteiger partial charge in [0.25, 0.3) is 0 Å². The maximum atomic E-state index is 13.9. The van der Waals surface area contributed by atoms with Crippen molar-refractivity contribution in [3.8, 4) is 17.1 Å². The van der Waals surface area contributed by atoms with Gasteiger partial charge in [-0.3, -0.25) is 4.57 Å². The number of aromatic nitrogens is 3. The lowest BCUT2D eigenvalue weighted by atomic mass is 10.1. The molecule has 0 fully saturated rings. The Balaban J connectivity index is 1.63. The van der Waals surface area contributed by atoms with Crippen molar-refractivity contribution >= 4 is 43.9 Å². The molecule has 0 aliphatic rings. The minimum atomic E-state index is -0.324. The van der Waals surface area contributed by atoms with E-state index in [0.29, 0.717) is 11.2 Å². The fourth-order valence-corrected chi connectivity index (χ4v) is 4.62. The van der Waals surface area contributed by atoms with E-state index in [9.17, 15) is 4.39 Å². The molecule has 5 heteroatoms. The SMILES string of the molecule is Fc1ccc2c(c1)oc1c(-c3nc4c5ccccc5cnc4n3-c3ccccc3)cccc12. The van der Waals surface area contributed by atoms with Gasteiger partial charge >= 0.3 is 0 Å². The lowest BCUT2D eigenvalue weighted by Crippen LogP contribution is -1.98. The second-order valence-corrected chi connectivity index (χ2v) is 8.05. The lowest BCUT2D eigenvalue weighted by molar-refractivity contribution is 0.618. The molecule has 3 heterocycles. The van der Waals surface area contributed by atoms with E-state index in [0.717, 1.165) is 49.8 Å². The van der Waals surface area contributed by atoms with Crippen molar-refractivity contribution in [3.05, 3.63) is 103 Å². The molecule has 7 aromatic rings. The number of rotatable bonds is 2. The van der Waals surface area contributed by atoms with E-state index in [4.69, 9.17) is 14.4 Å². The van der Waals surface area contributed by atoms with Crippen molar-refractivity contribution in [2.24, 2.45) is 0 Å². The summed E-state index contributed by atoms with van der Waals surface area (Å²) in [5, 5.41) is 3.87. The molecule has 0 amide bonds. The van der Waals surface area contributed by atoms with Gasteiger partial charge in [-0.25, -0.2) is 14.4 Å². The summed E-state index contributed by atoms with van der Waals surface area (Å²) in [4.78, 5) is 9.88. The highest BCUT2D eigenvalue weighted by atomic mass is 19.1. The zero-order valence-corrected chi connectivity index (χ0v) is 17.4. The van der Waals surface area contributed by atoms with Crippen LogP contribution in [0.25, 0.3) is 61.0 Å². The summed E-state index contributed by atoms with van der Waals surface area (Å²) in [6.07, 6.45) is 1.88. The number of para-hydroxylation sites is 2. The van der Waals surface area contributed by atoms with Gasteiger partial charge < -0.3 is 4.42 Å². The zero-order chi connectivity index (χ0) is 21.9. The Morgan fingerprint density at radius 3 is 2.48 bits per heavy atom. The van der Waals surface area contributed by atoms with Gasteiger partial charge in [0.05, 0.1) is 5.56 Å². The fraction of sp³-hybridized carbons (Fsp3) is 0. The molecule has 4 aromatic carbocycles. The second-order valence-electron chi connectivity index (χ2n) is 8.05. The smallest absolute Gasteiger partial charge is 0.165 e. The molecule has 0 N–H and O–H groups in total. The molecule has 0 spiro atoms. The van der Waals surface area contributed by atoms with Gasteiger partial charge in [-0.05, 0) is 30.3 Å². The first-order valence-corrected chi connectivity index (χ1v) is 10.7. The van der Waals surface area contributed by atoms with Crippen LogP contribution in [0.5, 0.6) is 0 Å². The summed E-state index contributed by atoms with van der Waals surface area (Å²) >= 11 is 0. The molecule has 33 heavy (non-hydrogen) atoms. The fourth-order valence-electron chi connectivity index (χ4n) is 4.62.